The van der Waals surface area contributed by atoms with E-state index in [9.17, 15) is 0 Å². The summed E-state index contributed by atoms with van der Waals surface area (Å²) in [5, 5.41) is 8.07. The Morgan fingerprint density at radius 3 is 2.75 bits per heavy atom. The van der Waals surface area contributed by atoms with Gasteiger partial charge in [-0.2, -0.15) is 10.1 Å². The molecule has 0 aliphatic carbocycles. The quantitative estimate of drug-likeness (QED) is 0.829. The summed E-state index contributed by atoms with van der Waals surface area (Å²) in [4.78, 5) is 4.22. The van der Waals surface area contributed by atoms with Crippen LogP contribution in [0.5, 0.6) is 0 Å². The number of nitrogens with zero attached hydrogens (tertiary/aromatic N) is 4. The summed E-state index contributed by atoms with van der Waals surface area (Å²) in [5.41, 5.74) is 6.24. The Balaban J connectivity index is 2.14. The average molecular weight is 221 g/mol. The summed E-state index contributed by atoms with van der Waals surface area (Å²) in [6.07, 6.45) is 1.87. The van der Waals surface area contributed by atoms with Crippen molar-refractivity contribution >= 4 is 0 Å². The third-order valence-electron chi connectivity index (χ3n) is 2.12. The molecule has 0 bridgehead atoms. The van der Waals surface area contributed by atoms with Crippen molar-refractivity contribution in [2.75, 3.05) is 0 Å². The van der Waals surface area contributed by atoms with Crippen LogP contribution in [-0.4, -0.2) is 19.9 Å². The Labute approximate surface area is 93.4 Å². The van der Waals surface area contributed by atoms with E-state index in [4.69, 9.17) is 10.3 Å². The van der Waals surface area contributed by atoms with E-state index in [2.05, 4.69) is 15.2 Å². The van der Waals surface area contributed by atoms with E-state index in [1.54, 1.807) is 4.68 Å². The summed E-state index contributed by atoms with van der Waals surface area (Å²) < 4.78 is 6.85. The van der Waals surface area contributed by atoms with Crippen molar-refractivity contribution in [2.45, 2.75) is 32.9 Å². The summed E-state index contributed by atoms with van der Waals surface area (Å²) in [5.74, 6) is 1.02. The highest BCUT2D eigenvalue weighted by Crippen LogP contribution is 2.12. The van der Waals surface area contributed by atoms with Gasteiger partial charge in [-0.05, 0) is 26.8 Å². The molecular formula is C10H15N5O. The maximum absolute atomic E-state index is 5.86. The first-order valence-corrected chi connectivity index (χ1v) is 5.07. The van der Waals surface area contributed by atoms with Crippen LogP contribution in [0.1, 0.15) is 31.3 Å². The third-order valence-corrected chi connectivity index (χ3v) is 2.12. The fourth-order valence-electron chi connectivity index (χ4n) is 1.27. The van der Waals surface area contributed by atoms with Gasteiger partial charge in [0.25, 0.3) is 0 Å². The number of aromatic nitrogens is 4. The van der Waals surface area contributed by atoms with Gasteiger partial charge in [0.1, 0.15) is 6.54 Å². The average Bonchev–Trinajstić information content (AvgIpc) is 2.74. The number of rotatable bonds is 3. The monoisotopic (exact) mass is 221 g/mol. The van der Waals surface area contributed by atoms with Gasteiger partial charge in [0, 0.05) is 6.20 Å². The lowest BCUT2D eigenvalue weighted by Gasteiger charge is -2.11. The molecule has 6 nitrogen and oxygen atoms in total. The molecule has 2 heterocycles. The molecule has 2 aromatic heterocycles. The second kappa shape index (κ2) is 3.71. The van der Waals surface area contributed by atoms with Gasteiger partial charge in [-0.1, -0.05) is 5.16 Å². The molecule has 0 aliphatic rings. The fraction of sp³-hybridized carbons (Fsp3) is 0.500. The maximum Gasteiger partial charge on any atom is 0.248 e. The van der Waals surface area contributed by atoms with Crippen molar-refractivity contribution in [1.29, 1.82) is 0 Å². The highest BCUT2D eigenvalue weighted by Gasteiger charge is 2.21. The molecule has 0 aliphatic heterocycles. The molecule has 0 spiro atoms. The van der Waals surface area contributed by atoms with E-state index in [1.165, 1.54) is 0 Å². The zero-order valence-electron chi connectivity index (χ0n) is 9.64. The topological polar surface area (TPSA) is 82.8 Å². The molecule has 86 valence electrons. The van der Waals surface area contributed by atoms with Crippen molar-refractivity contribution < 1.29 is 4.52 Å². The van der Waals surface area contributed by atoms with E-state index in [0.717, 1.165) is 5.69 Å². The molecule has 0 atom stereocenters. The molecule has 0 radical (unpaired) electrons. The van der Waals surface area contributed by atoms with E-state index < -0.39 is 5.54 Å². The number of nitrogens with two attached hydrogens (primary N) is 1. The van der Waals surface area contributed by atoms with Crippen LogP contribution in [0.25, 0.3) is 0 Å². The van der Waals surface area contributed by atoms with Gasteiger partial charge in [0.05, 0.1) is 11.2 Å². The van der Waals surface area contributed by atoms with Gasteiger partial charge in [-0.3, -0.25) is 4.68 Å². The fourth-order valence-corrected chi connectivity index (χ4v) is 1.27. The van der Waals surface area contributed by atoms with Crippen molar-refractivity contribution in [3.63, 3.8) is 0 Å². The van der Waals surface area contributed by atoms with Crippen molar-refractivity contribution in [1.82, 2.24) is 19.9 Å². The predicted octanol–water partition coefficient (Wildman–Crippen LogP) is 0.817. The Hall–Kier alpha value is -1.69. The second-order valence-electron chi connectivity index (χ2n) is 4.39. The van der Waals surface area contributed by atoms with Gasteiger partial charge >= 0.3 is 0 Å². The summed E-state index contributed by atoms with van der Waals surface area (Å²) >= 11 is 0. The van der Waals surface area contributed by atoms with Crippen LogP contribution in [0.2, 0.25) is 0 Å². The van der Waals surface area contributed by atoms with Crippen LogP contribution in [-0.2, 0) is 12.1 Å². The molecule has 0 saturated heterocycles. The van der Waals surface area contributed by atoms with E-state index in [-0.39, 0.29) is 0 Å². The van der Waals surface area contributed by atoms with Gasteiger partial charge in [0.15, 0.2) is 5.82 Å². The Bertz CT molecular complexity index is 479. The third kappa shape index (κ3) is 2.27. The van der Waals surface area contributed by atoms with Crippen LogP contribution in [0.15, 0.2) is 16.8 Å². The van der Waals surface area contributed by atoms with Crippen LogP contribution in [0.3, 0.4) is 0 Å². The standard InChI is InChI=1S/C10H15N5O/c1-7-4-5-15(13-7)6-8-12-9(14-16-8)10(2,3)11/h4-5H,6,11H2,1-3H3. The van der Waals surface area contributed by atoms with Crippen molar-refractivity contribution in [2.24, 2.45) is 5.73 Å². The van der Waals surface area contributed by atoms with E-state index in [0.29, 0.717) is 18.3 Å². The summed E-state index contributed by atoms with van der Waals surface area (Å²) in [7, 11) is 0. The summed E-state index contributed by atoms with van der Waals surface area (Å²) in [6.45, 7) is 6.06. The predicted molar refractivity (Wildman–Crippen MR) is 57.6 cm³/mol. The minimum absolute atomic E-state index is 0.469. The zero-order chi connectivity index (χ0) is 11.8. The molecule has 0 fully saturated rings. The number of aryl methyl sites for hydroxylation is 1. The second-order valence-corrected chi connectivity index (χ2v) is 4.39. The van der Waals surface area contributed by atoms with Gasteiger partial charge in [0.2, 0.25) is 5.89 Å². The first kappa shape index (κ1) is 10.8. The normalized spacial score (nSPS) is 12.0. The Kier molecular flexibility index (Phi) is 2.51. The summed E-state index contributed by atoms with van der Waals surface area (Å²) in [6, 6.07) is 1.92. The molecular weight excluding hydrogens is 206 g/mol. The van der Waals surface area contributed by atoms with Crippen molar-refractivity contribution in [3.8, 4) is 0 Å². The molecule has 0 aromatic carbocycles. The number of hydrogen-bond donors (Lipinski definition) is 1. The van der Waals surface area contributed by atoms with E-state index >= 15 is 0 Å². The molecule has 0 unspecified atom stereocenters. The van der Waals surface area contributed by atoms with Crippen LogP contribution >= 0.6 is 0 Å². The smallest absolute Gasteiger partial charge is 0.248 e. The lowest BCUT2D eigenvalue weighted by Crippen LogP contribution is -2.30. The molecule has 0 amide bonds. The molecule has 2 N–H and O–H groups in total. The first-order valence-electron chi connectivity index (χ1n) is 5.07. The Morgan fingerprint density at radius 2 is 2.25 bits per heavy atom. The molecule has 2 rings (SSSR count). The largest absolute Gasteiger partial charge is 0.337 e. The molecule has 6 heteroatoms. The zero-order valence-corrected chi connectivity index (χ0v) is 9.64. The van der Waals surface area contributed by atoms with Gasteiger partial charge < -0.3 is 10.3 Å². The minimum atomic E-state index is -0.582. The van der Waals surface area contributed by atoms with Crippen molar-refractivity contribution in [3.05, 3.63) is 29.7 Å². The van der Waals surface area contributed by atoms with Gasteiger partial charge in [-0.25, -0.2) is 0 Å². The van der Waals surface area contributed by atoms with E-state index in [1.807, 2.05) is 33.0 Å². The van der Waals surface area contributed by atoms with Crippen LogP contribution in [0.4, 0.5) is 0 Å². The maximum atomic E-state index is 5.86. The minimum Gasteiger partial charge on any atom is -0.337 e. The molecule has 16 heavy (non-hydrogen) atoms. The Morgan fingerprint density at radius 1 is 1.50 bits per heavy atom. The lowest BCUT2D eigenvalue weighted by molar-refractivity contribution is 0.351. The highest BCUT2D eigenvalue weighted by molar-refractivity contribution is 5.00. The first-order chi connectivity index (χ1) is 7.45. The number of hydrogen-bond acceptors (Lipinski definition) is 5. The molecule has 0 saturated carbocycles. The highest BCUT2D eigenvalue weighted by atomic mass is 16.5. The van der Waals surface area contributed by atoms with Crippen LogP contribution < -0.4 is 5.73 Å². The molecule has 2 aromatic rings. The lowest BCUT2D eigenvalue weighted by atomic mass is 10.1. The SMILES string of the molecule is Cc1ccn(Cc2nc(C(C)(C)N)no2)n1. The van der Waals surface area contributed by atoms with Gasteiger partial charge in [-0.15, -0.1) is 0 Å². The van der Waals surface area contributed by atoms with Crippen LogP contribution in [0, 0.1) is 6.92 Å².